The number of benzene rings is 1. The van der Waals surface area contributed by atoms with Crippen LogP contribution in [0.5, 0.6) is 5.75 Å². The van der Waals surface area contributed by atoms with Crippen molar-refractivity contribution in [2.24, 2.45) is 0 Å². The SMILES string of the molecule is COc1ccc(C)cc1NC(=O)c1nc(C(=O)NC(C)(C)C)c2n1CCCC2. The number of carbonyl (C=O) groups excluding carboxylic acids is 2. The summed E-state index contributed by atoms with van der Waals surface area (Å²) in [7, 11) is 1.56. The highest BCUT2D eigenvalue weighted by Crippen LogP contribution is 2.27. The summed E-state index contributed by atoms with van der Waals surface area (Å²) < 4.78 is 7.22. The van der Waals surface area contributed by atoms with Gasteiger partial charge in [-0.05, 0) is 64.7 Å². The molecule has 1 aliphatic rings. The number of rotatable bonds is 4. The first kappa shape index (κ1) is 19.9. The molecule has 0 fully saturated rings. The molecule has 1 aromatic heterocycles. The molecule has 0 unspecified atom stereocenters. The van der Waals surface area contributed by atoms with E-state index in [1.54, 1.807) is 7.11 Å². The fourth-order valence-electron chi connectivity index (χ4n) is 3.40. The van der Waals surface area contributed by atoms with Crippen LogP contribution >= 0.6 is 0 Å². The summed E-state index contributed by atoms with van der Waals surface area (Å²) >= 11 is 0. The second kappa shape index (κ2) is 7.66. The van der Waals surface area contributed by atoms with Gasteiger partial charge in [0.05, 0.1) is 18.5 Å². The molecular weight excluding hydrogens is 356 g/mol. The van der Waals surface area contributed by atoms with Gasteiger partial charge in [0.15, 0.2) is 5.82 Å². The van der Waals surface area contributed by atoms with Gasteiger partial charge in [-0.25, -0.2) is 4.98 Å². The number of amides is 2. The number of carbonyl (C=O) groups is 2. The van der Waals surface area contributed by atoms with Crippen LogP contribution < -0.4 is 15.4 Å². The molecule has 0 bridgehead atoms. The zero-order valence-electron chi connectivity index (χ0n) is 17.2. The normalized spacial score (nSPS) is 13.6. The summed E-state index contributed by atoms with van der Waals surface area (Å²) in [4.78, 5) is 30.2. The number of ether oxygens (including phenoxy) is 1. The zero-order valence-corrected chi connectivity index (χ0v) is 17.2. The largest absolute Gasteiger partial charge is 0.495 e. The molecule has 150 valence electrons. The van der Waals surface area contributed by atoms with Crippen LogP contribution in [0.4, 0.5) is 5.69 Å². The summed E-state index contributed by atoms with van der Waals surface area (Å²) in [5.41, 5.74) is 2.39. The van der Waals surface area contributed by atoms with E-state index in [1.807, 2.05) is 50.5 Å². The van der Waals surface area contributed by atoms with Crippen molar-refractivity contribution >= 4 is 17.5 Å². The molecule has 7 heteroatoms. The Kier molecular flexibility index (Phi) is 5.45. The number of fused-ring (bicyclic) bond motifs is 1. The molecule has 1 aliphatic heterocycles. The lowest BCUT2D eigenvalue weighted by molar-refractivity contribution is 0.0913. The number of hydrogen-bond acceptors (Lipinski definition) is 4. The van der Waals surface area contributed by atoms with E-state index in [4.69, 9.17) is 4.74 Å². The molecule has 2 aromatic rings. The molecule has 3 rings (SSSR count). The Labute approximate surface area is 165 Å². The Morgan fingerprint density at radius 1 is 1.18 bits per heavy atom. The van der Waals surface area contributed by atoms with Gasteiger partial charge in [-0.15, -0.1) is 0 Å². The van der Waals surface area contributed by atoms with E-state index in [0.29, 0.717) is 23.7 Å². The average molecular weight is 384 g/mol. The maximum Gasteiger partial charge on any atom is 0.291 e. The summed E-state index contributed by atoms with van der Waals surface area (Å²) in [6.45, 7) is 8.39. The van der Waals surface area contributed by atoms with E-state index in [1.165, 1.54) is 0 Å². The van der Waals surface area contributed by atoms with Crippen molar-refractivity contribution in [3.63, 3.8) is 0 Å². The fraction of sp³-hybridized carbons (Fsp3) is 0.476. The highest BCUT2D eigenvalue weighted by atomic mass is 16.5. The van der Waals surface area contributed by atoms with Crippen molar-refractivity contribution in [2.75, 3.05) is 12.4 Å². The van der Waals surface area contributed by atoms with Gasteiger partial charge < -0.3 is 19.9 Å². The van der Waals surface area contributed by atoms with E-state index in [9.17, 15) is 9.59 Å². The van der Waals surface area contributed by atoms with Gasteiger partial charge in [0.2, 0.25) is 0 Å². The lowest BCUT2D eigenvalue weighted by Gasteiger charge is -2.21. The fourth-order valence-corrected chi connectivity index (χ4v) is 3.40. The van der Waals surface area contributed by atoms with Gasteiger partial charge in [0.1, 0.15) is 11.4 Å². The quantitative estimate of drug-likeness (QED) is 0.847. The number of aryl methyl sites for hydroxylation is 1. The molecule has 0 saturated heterocycles. The van der Waals surface area contributed by atoms with Crippen molar-refractivity contribution in [3.8, 4) is 5.75 Å². The van der Waals surface area contributed by atoms with Crippen LogP contribution in [-0.2, 0) is 13.0 Å². The third-order valence-electron chi connectivity index (χ3n) is 4.63. The predicted molar refractivity (Wildman–Crippen MR) is 108 cm³/mol. The van der Waals surface area contributed by atoms with Gasteiger partial charge in [-0.1, -0.05) is 6.07 Å². The number of anilines is 1. The lowest BCUT2D eigenvalue weighted by atomic mass is 10.1. The molecule has 7 nitrogen and oxygen atoms in total. The molecule has 2 heterocycles. The van der Waals surface area contributed by atoms with Crippen LogP contribution in [0.3, 0.4) is 0 Å². The first-order valence-corrected chi connectivity index (χ1v) is 9.57. The van der Waals surface area contributed by atoms with Crippen LogP contribution in [0.1, 0.15) is 66.0 Å². The van der Waals surface area contributed by atoms with Crippen LogP contribution in [-0.4, -0.2) is 34.0 Å². The van der Waals surface area contributed by atoms with Crippen LogP contribution in [0.15, 0.2) is 18.2 Å². The van der Waals surface area contributed by atoms with E-state index in [2.05, 4.69) is 15.6 Å². The Morgan fingerprint density at radius 3 is 2.61 bits per heavy atom. The number of hydrogen-bond donors (Lipinski definition) is 2. The first-order valence-electron chi connectivity index (χ1n) is 9.57. The Morgan fingerprint density at radius 2 is 1.93 bits per heavy atom. The molecule has 0 radical (unpaired) electrons. The Balaban J connectivity index is 1.95. The number of imidazole rings is 1. The van der Waals surface area contributed by atoms with E-state index >= 15 is 0 Å². The molecule has 2 N–H and O–H groups in total. The minimum Gasteiger partial charge on any atom is -0.495 e. The highest BCUT2D eigenvalue weighted by Gasteiger charge is 2.29. The molecule has 28 heavy (non-hydrogen) atoms. The molecule has 0 spiro atoms. The number of nitrogens with one attached hydrogen (secondary N) is 2. The second-order valence-corrected chi connectivity index (χ2v) is 8.20. The summed E-state index contributed by atoms with van der Waals surface area (Å²) in [5, 5.41) is 5.84. The maximum absolute atomic E-state index is 13.0. The van der Waals surface area contributed by atoms with Gasteiger partial charge >= 0.3 is 0 Å². The van der Waals surface area contributed by atoms with Gasteiger partial charge in [-0.3, -0.25) is 9.59 Å². The molecule has 2 amide bonds. The van der Waals surface area contributed by atoms with Crippen molar-refractivity contribution in [3.05, 3.63) is 41.0 Å². The molecule has 0 aliphatic carbocycles. The number of nitrogens with zero attached hydrogens (tertiary/aromatic N) is 2. The first-order chi connectivity index (χ1) is 13.2. The van der Waals surface area contributed by atoms with Crippen molar-refractivity contribution in [1.29, 1.82) is 0 Å². The third-order valence-corrected chi connectivity index (χ3v) is 4.63. The van der Waals surface area contributed by atoms with Crippen LogP contribution in [0, 0.1) is 6.92 Å². The second-order valence-electron chi connectivity index (χ2n) is 8.20. The summed E-state index contributed by atoms with van der Waals surface area (Å²) in [5.74, 6) is 0.250. The molecule has 0 atom stereocenters. The Hall–Kier alpha value is -2.83. The minimum absolute atomic E-state index is 0.245. The molecular formula is C21H28N4O3. The van der Waals surface area contributed by atoms with E-state index in [0.717, 1.165) is 30.5 Å². The van der Waals surface area contributed by atoms with Crippen LogP contribution in [0.25, 0.3) is 0 Å². The summed E-state index contributed by atoms with van der Waals surface area (Å²) in [6.07, 6.45) is 2.67. The average Bonchev–Trinajstić information content (AvgIpc) is 3.00. The van der Waals surface area contributed by atoms with Crippen molar-refractivity contribution < 1.29 is 14.3 Å². The topological polar surface area (TPSA) is 85.2 Å². The predicted octanol–water partition coefficient (Wildman–Crippen LogP) is 3.32. The standard InChI is InChI=1S/C21H28N4O3/c1-13-9-10-16(28-5)14(12-13)22-20(27)18-23-17(19(26)24-21(2,3)4)15-8-6-7-11-25(15)18/h9-10,12H,6-8,11H2,1-5H3,(H,22,27)(H,24,26). The smallest absolute Gasteiger partial charge is 0.291 e. The lowest BCUT2D eigenvalue weighted by Crippen LogP contribution is -2.41. The van der Waals surface area contributed by atoms with Gasteiger partial charge in [-0.2, -0.15) is 0 Å². The number of aromatic nitrogens is 2. The van der Waals surface area contributed by atoms with Crippen molar-refractivity contribution in [2.45, 2.75) is 59.0 Å². The Bertz CT molecular complexity index is 909. The number of methoxy groups -OCH3 is 1. The zero-order chi connectivity index (χ0) is 20.5. The monoisotopic (exact) mass is 384 g/mol. The van der Waals surface area contributed by atoms with Gasteiger partial charge in [0, 0.05) is 12.1 Å². The minimum atomic E-state index is -0.375. The van der Waals surface area contributed by atoms with E-state index in [-0.39, 0.29) is 23.2 Å². The summed E-state index contributed by atoms with van der Waals surface area (Å²) in [6, 6.07) is 5.58. The van der Waals surface area contributed by atoms with E-state index < -0.39 is 0 Å². The third kappa shape index (κ3) is 4.18. The highest BCUT2D eigenvalue weighted by molar-refractivity contribution is 6.04. The maximum atomic E-state index is 13.0. The molecule has 0 saturated carbocycles. The van der Waals surface area contributed by atoms with Crippen molar-refractivity contribution in [1.82, 2.24) is 14.9 Å². The van der Waals surface area contributed by atoms with Crippen LogP contribution in [0.2, 0.25) is 0 Å². The molecule has 1 aromatic carbocycles. The van der Waals surface area contributed by atoms with Gasteiger partial charge in [0.25, 0.3) is 11.8 Å².